The highest BCUT2D eigenvalue weighted by molar-refractivity contribution is 6.21. The van der Waals surface area contributed by atoms with Crippen molar-refractivity contribution in [3.63, 3.8) is 0 Å². The summed E-state index contributed by atoms with van der Waals surface area (Å²) >= 11 is 0. The zero-order chi connectivity index (χ0) is 32.3. The second-order valence-corrected chi connectivity index (χ2v) is 13.0. The summed E-state index contributed by atoms with van der Waals surface area (Å²) in [5.41, 5.74) is 12.2. The topological polar surface area (TPSA) is 15.8 Å². The van der Waals surface area contributed by atoms with Crippen molar-refractivity contribution in [2.75, 3.05) is 0 Å². The van der Waals surface area contributed by atoms with Crippen molar-refractivity contribution in [3.8, 4) is 44.5 Å². The Balaban J connectivity index is 1.16. The minimum Gasteiger partial charge on any atom is -0.354 e. The van der Waals surface area contributed by atoms with Gasteiger partial charge in [0.25, 0.3) is 0 Å². The SMILES string of the molecule is c1ccc(-c2cccc(-c3c4ccccc4c(-c4cccc(-c5ccc6[nH]c7cc8ccccc8cc7c6c5)c4)c4ccccc34)c2)cc1. The first-order chi connectivity index (χ1) is 24.3. The summed E-state index contributed by atoms with van der Waals surface area (Å²) in [6, 6.07) is 66.5. The number of benzene rings is 9. The zero-order valence-electron chi connectivity index (χ0n) is 26.8. The van der Waals surface area contributed by atoms with Gasteiger partial charge in [-0.05, 0) is 113 Å². The first kappa shape index (κ1) is 27.7. The van der Waals surface area contributed by atoms with Crippen LogP contribution >= 0.6 is 0 Å². The lowest BCUT2D eigenvalue weighted by molar-refractivity contribution is 1.55. The molecule has 10 aromatic rings. The van der Waals surface area contributed by atoms with Crippen LogP contribution in [0.2, 0.25) is 0 Å². The number of fused-ring (bicyclic) bond motifs is 6. The summed E-state index contributed by atoms with van der Waals surface area (Å²) < 4.78 is 0. The molecule has 0 saturated carbocycles. The molecule has 228 valence electrons. The van der Waals surface area contributed by atoms with Crippen LogP contribution in [0.25, 0.3) is 98.6 Å². The molecule has 49 heavy (non-hydrogen) atoms. The maximum absolute atomic E-state index is 3.66. The van der Waals surface area contributed by atoms with E-state index in [1.165, 1.54) is 93.1 Å². The summed E-state index contributed by atoms with van der Waals surface area (Å²) in [6.45, 7) is 0. The van der Waals surface area contributed by atoms with Gasteiger partial charge < -0.3 is 4.98 Å². The Hall–Kier alpha value is -6.44. The summed E-state index contributed by atoms with van der Waals surface area (Å²) in [4.78, 5) is 3.66. The van der Waals surface area contributed by atoms with E-state index in [1.54, 1.807) is 0 Å². The molecule has 0 saturated heterocycles. The molecule has 10 rings (SSSR count). The predicted molar refractivity (Wildman–Crippen MR) is 210 cm³/mol. The average molecular weight is 622 g/mol. The van der Waals surface area contributed by atoms with E-state index in [9.17, 15) is 0 Å². The van der Waals surface area contributed by atoms with Crippen LogP contribution in [0.1, 0.15) is 0 Å². The van der Waals surface area contributed by atoms with Crippen LogP contribution in [0.4, 0.5) is 0 Å². The summed E-state index contributed by atoms with van der Waals surface area (Å²) in [5.74, 6) is 0. The average Bonchev–Trinajstić information content (AvgIpc) is 3.53. The Morgan fingerprint density at radius 3 is 1.31 bits per heavy atom. The number of rotatable bonds is 4. The van der Waals surface area contributed by atoms with Gasteiger partial charge in [0.2, 0.25) is 0 Å². The maximum Gasteiger partial charge on any atom is 0.0471 e. The molecule has 1 heteroatoms. The number of hydrogen-bond donors (Lipinski definition) is 1. The van der Waals surface area contributed by atoms with E-state index in [0.29, 0.717) is 0 Å². The second-order valence-electron chi connectivity index (χ2n) is 13.0. The van der Waals surface area contributed by atoms with E-state index >= 15 is 0 Å². The molecule has 0 atom stereocenters. The van der Waals surface area contributed by atoms with Crippen molar-refractivity contribution in [1.29, 1.82) is 0 Å². The third-order valence-electron chi connectivity index (χ3n) is 10.1. The van der Waals surface area contributed by atoms with E-state index in [0.717, 1.165) is 5.52 Å². The Labute approximate surface area is 284 Å². The summed E-state index contributed by atoms with van der Waals surface area (Å²) in [6.07, 6.45) is 0. The van der Waals surface area contributed by atoms with Gasteiger partial charge in [-0.25, -0.2) is 0 Å². The lowest BCUT2D eigenvalue weighted by Gasteiger charge is -2.18. The number of aromatic amines is 1. The van der Waals surface area contributed by atoms with E-state index in [2.05, 4.69) is 187 Å². The van der Waals surface area contributed by atoms with Gasteiger partial charge in [-0.3, -0.25) is 0 Å². The van der Waals surface area contributed by atoms with Crippen LogP contribution in [-0.4, -0.2) is 4.98 Å². The number of nitrogens with one attached hydrogen (secondary N) is 1. The van der Waals surface area contributed by atoms with Gasteiger partial charge in [0, 0.05) is 21.8 Å². The van der Waals surface area contributed by atoms with E-state index in [-0.39, 0.29) is 0 Å². The standard InChI is InChI=1S/C48H31N/c1-2-12-31(13-3-1)32-16-10-18-37(26-32)47-39-20-6-8-22-41(39)48(42-23-9-7-21-40(42)47)38-19-11-17-33(27-38)36-24-25-45-43(29-36)44-28-34-14-4-5-15-35(34)30-46(44)49-45/h1-30,49H. The highest BCUT2D eigenvalue weighted by atomic mass is 14.7. The van der Waals surface area contributed by atoms with E-state index in [1.807, 2.05) is 0 Å². The van der Waals surface area contributed by atoms with Gasteiger partial charge in [-0.15, -0.1) is 0 Å². The van der Waals surface area contributed by atoms with Crippen LogP contribution in [0, 0.1) is 0 Å². The number of aromatic nitrogens is 1. The van der Waals surface area contributed by atoms with Crippen molar-refractivity contribution < 1.29 is 0 Å². The Kier molecular flexibility index (Phi) is 6.25. The van der Waals surface area contributed by atoms with Gasteiger partial charge in [-0.1, -0.05) is 146 Å². The highest BCUT2D eigenvalue weighted by Crippen LogP contribution is 2.45. The lowest BCUT2D eigenvalue weighted by Crippen LogP contribution is -1.91. The molecule has 1 heterocycles. The van der Waals surface area contributed by atoms with Gasteiger partial charge in [0.05, 0.1) is 0 Å². The minimum absolute atomic E-state index is 1.16. The minimum atomic E-state index is 1.16. The quantitative estimate of drug-likeness (QED) is 0.188. The van der Waals surface area contributed by atoms with Gasteiger partial charge in [0.1, 0.15) is 0 Å². The molecule has 1 aromatic heterocycles. The molecule has 0 aliphatic carbocycles. The summed E-state index contributed by atoms with van der Waals surface area (Å²) in [5, 5.41) is 10.1. The molecule has 0 spiro atoms. The van der Waals surface area contributed by atoms with Crippen molar-refractivity contribution in [2.24, 2.45) is 0 Å². The predicted octanol–water partition coefficient (Wildman–Crippen LogP) is 13.4. The first-order valence-corrected chi connectivity index (χ1v) is 16.9. The highest BCUT2D eigenvalue weighted by Gasteiger charge is 2.17. The third kappa shape index (κ3) is 4.55. The van der Waals surface area contributed by atoms with Crippen LogP contribution < -0.4 is 0 Å². The molecule has 0 unspecified atom stereocenters. The van der Waals surface area contributed by atoms with Crippen molar-refractivity contribution in [1.82, 2.24) is 4.98 Å². The molecule has 0 radical (unpaired) electrons. The zero-order valence-corrected chi connectivity index (χ0v) is 26.8. The van der Waals surface area contributed by atoms with Crippen LogP contribution in [0.15, 0.2) is 182 Å². The lowest BCUT2D eigenvalue weighted by atomic mass is 9.85. The normalized spacial score (nSPS) is 11.7. The molecule has 0 bridgehead atoms. The van der Waals surface area contributed by atoms with Gasteiger partial charge >= 0.3 is 0 Å². The molecular formula is C48H31N. The van der Waals surface area contributed by atoms with Crippen molar-refractivity contribution in [3.05, 3.63) is 182 Å². The second kappa shape index (κ2) is 11.1. The molecule has 0 aliphatic heterocycles. The summed E-state index contributed by atoms with van der Waals surface area (Å²) in [7, 11) is 0. The number of H-pyrrole nitrogens is 1. The largest absolute Gasteiger partial charge is 0.354 e. The van der Waals surface area contributed by atoms with Crippen LogP contribution in [-0.2, 0) is 0 Å². The molecule has 1 N–H and O–H groups in total. The number of hydrogen-bond acceptors (Lipinski definition) is 0. The molecule has 9 aromatic carbocycles. The smallest absolute Gasteiger partial charge is 0.0471 e. The van der Waals surface area contributed by atoms with Crippen molar-refractivity contribution in [2.45, 2.75) is 0 Å². The van der Waals surface area contributed by atoms with Gasteiger partial charge in [-0.2, -0.15) is 0 Å². The van der Waals surface area contributed by atoms with E-state index < -0.39 is 0 Å². The fourth-order valence-electron chi connectivity index (χ4n) is 7.86. The fraction of sp³-hybridized carbons (Fsp3) is 0. The molecule has 0 fully saturated rings. The van der Waals surface area contributed by atoms with E-state index in [4.69, 9.17) is 0 Å². The molecule has 0 aliphatic rings. The third-order valence-corrected chi connectivity index (χ3v) is 10.1. The molecule has 1 nitrogen and oxygen atoms in total. The van der Waals surface area contributed by atoms with Crippen LogP contribution in [0.3, 0.4) is 0 Å². The Morgan fingerprint density at radius 2 is 0.694 bits per heavy atom. The molecular weight excluding hydrogens is 591 g/mol. The first-order valence-electron chi connectivity index (χ1n) is 16.9. The Morgan fingerprint density at radius 1 is 0.245 bits per heavy atom. The maximum atomic E-state index is 3.66. The van der Waals surface area contributed by atoms with Crippen molar-refractivity contribution >= 4 is 54.1 Å². The fourth-order valence-corrected chi connectivity index (χ4v) is 7.86. The Bertz CT molecular complexity index is 2820. The molecule has 0 amide bonds. The monoisotopic (exact) mass is 621 g/mol. The van der Waals surface area contributed by atoms with Crippen LogP contribution in [0.5, 0.6) is 0 Å². The van der Waals surface area contributed by atoms with Gasteiger partial charge in [0.15, 0.2) is 0 Å².